The van der Waals surface area contributed by atoms with Crippen molar-refractivity contribution in [1.29, 1.82) is 0 Å². The van der Waals surface area contributed by atoms with E-state index in [9.17, 15) is 0 Å². The third kappa shape index (κ3) is 4.55. The van der Waals surface area contributed by atoms with Gasteiger partial charge >= 0.3 is 0 Å². The molecule has 0 N–H and O–H groups in total. The molecule has 1 heterocycles. The summed E-state index contributed by atoms with van der Waals surface area (Å²) >= 11 is 12.4. The number of benzene rings is 3. The Morgan fingerprint density at radius 2 is 1.58 bits per heavy atom. The topological polar surface area (TPSA) is 34.1 Å². The molecule has 0 saturated heterocycles. The van der Waals surface area contributed by atoms with E-state index < -0.39 is 0 Å². The molecule has 3 aromatic carbocycles. The minimum Gasteiger partial charge on any atom is -0.496 e. The molecule has 0 bridgehead atoms. The minimum atomic E-state index is -0.0364. The summed E-state index contributed by atoms with van der Waals surface area (Å²) in [5, 5.41) is 7.88. The summed E-state index contributed by atoms with van der Waals surface area (Å²) in [6, 6.07) is 21.4. The van der Waals surface area contributed by atoms with Crippen molar-refractivity contribution >= 4 is 40.7 Å². The molecule has 0 radical (unpaired) electrons. The number of hydrazone groups is 1. The lowest BCUT2D eigenvalue weighted by Crippen LogP contribution is -2.19. The molecule has 31 heavy (non-hydrogen) atoms. The molecule has 158 valence electrons. The lowest BCUT2D eigenvalue weighted by atomic mass is 9.99. The fourth-order valence-corrected chi connectivity index (χ4v) is 3.97. The van der Waals surface area contributed by atoms with Crippen LogP contribution in [0, 0.1) is 0 Å². The second kappa shape index (κ2) is 9.46. The Hall–Kier alpha value is -2.95. The van der Waals surface area contributed by atoms with E-state index in [1.807, 2.05) is 71.8 Å². The first kappa shape index (κ1) is 21.3. The van der Waals surface area contributed by atoms with Gasteiger partial charge in [-0.25, -0.2) is 0 Å². The fourth-order valence-electron chi connectivity index (χ4n) is 3.67. The van der Waals surface area contributed by atoms with Crippen molar-refractivity contribution in [2.75, 3.05) is 19.2 Å². The average Bonchev–Trinajstić information content (AvgIpc) is 3.23. The zero-order valence-electron chi connectivity index (χ0n) is 17.3. The molecule has 0 saturated carbocycles. The zero-order valence-corrected chi connectivity index (χ0v) is 18.8. The van der Waals surface area contributed by atoms with Gasteiger partial charge in [0, 0.05) is 17.5 Å². The number of rotatable bonds is 6. The van der Waals surface area contributed by atoms with E-state index in [0.717, 1.165) is 34.0 Å². The van der Waals surface area contributed by atoms with Gasteiger partial charge in [-0.15, -0.1) is 0 Å². The Morgan fingerprint density at radius 1 is 0.871 bits per heavy atom. The first-order valence-electron chi connectivity index (χ1n) is 9.86. The highest BCUT2D eigenvalue weighted by Crippen LogP contribution is 2.40. The highest BCUT2D eigenvalue weighted by molar-refractivity contribution is 6.42. The number of nitrogens with zero attached hydrogens (tertiary/aromatic N) is 2. The second-order valence-corrected chi connectivity index (χ2v) is 7.89. The second-order valence-electron chi connectivity index (χ2n) is 7.07. The van der Waals surface area contributed by atoms with E-state index in [1.165, 1.54) is 0 Å². The average molecular weight is 453 g/mol. The van der Waals surface area contributed by atoms with Crippen LogP contribution in [-0.4, -0.2) is 19.9 Å². The van der Waals surface area contributed by atoms with Gasteiger partial charge in [0.2, 0.25) is 0 Å². The Bertz CT molecular complexity index is 1140. The molecule has 1 atom stereocenters. The zero-order chi connectivity index (χ0) is 21.8. The van der Waals surface area contributed by atoms with Crippen molar-refractivity contribution in [3.05, 3.63) is 94.0 Å². The Morgan fingerprint density at radius 3 is 2.32 bits per heavy atom. The molecule has 0 aromatic heterocycles. The smallest absolute Gasteiger partial charge is 0.126 e. The number of anilines is 1. The van der Waals surface area contributed by atoms with E-state index in [1.54, 1.807) is 20.3 Å². The van der Waals surface area contributed by atoms with Gasteiger partial charge in [-0.05, 0) is 42.5 Å². The van der Waals surface area contributed by atoms with E-state index in [0.29, 0.717) is 16.5 Å². The van der Waals surface area contributed by atoms with Crippen LogP contribution >= 0.6 is 23.2 Å². The third-order valence-corrected chi connectivity index (χ3v) is 5.93. The number of methoxy groups -OCH3 is 2. The Kier molecular flexibility index (Phi) is 6.50. The number of hydrogen-bond donors (Lipinski definition) is 0. The van der Waals surface area contributed by atoms with Crippen molar-refractivity contribution in [3.63, 3.8) is 0 Å². The highest BCUT2D eigenvalue weighted by Gasteiger charge is 2.30. The number of allylic oxidation sites excluding steroid dienone is 1. The Balaban J connectivity index is 1.72. The monoisotopic (exact) mass is 452 g/mol. The molecule has 0 aliphatic carbocycles. The maximum Gasteiger partial charge on any atom is 0.126 e. The van der Waals surface area contributed by atoms with Gasteiger partial charge in [-0.3, -0.25) is 5.01 Å². The van der Waals surface area contributed by atoms with Crippen LogP contribution in [0.3, 0.4) is 0 Å². The van der Waals surface area contributed by atoms with E-state index in [4.69, 9.17) is 37.8 Å². The number of hydrogen-bond acceptors (Lipinski definition) is 4. The molecule has 1 aliphatic rings. The summed E-state index contributed by atoms with van der Waals surface area (Å²) < 4.78 is 11.1. The SMILES string of the molecule is COc1ccccc1/C=C/C1=NN(c2ccc(Cl)c(Cl)c2)[C@@H](c2ccccc2OC)C1. The molecular weight excluding hydrogens is 431 g/mol. The fraction of sp³-hybridized carbons (Fsp3) is 0.160. The van der Waals surface area contributed by atoms with Crippen molar-refractivity contribution in [2.24, 2.45) is 5.10 Å². The first-order valence-corrected chi connectivity index (χ1v) is 10.6. The van der Waals surface area contributed by atoms with E-state index in [2.05, 4.69) is 6.07 Å². The van der Waals surface area contributed by atoms with Crippen LogP contribution in [0.4, 0.5) is 5.69 Å². The van der Waals surface area contributed by atoms with Crippen LogP contribution in [0.2, 0.25) is 10.0 Å². The normalized spacial score (nSPS) is 15.9. The van der Waals surface area contributed by atoms with Crippen molar-refractivity contribution in [2.45, 2.75) is 12.5 Å². The summed E-state index contributed by atoms with van der Waals surface area (Å²) in [6.07, 6.45) is 4.76. The van der Waals surface area contributed by atoms with E-state index in [-0.39, 0.29) is 6.04 Å². The number of para-hydroxylation sites is 2. The highest BCUT2D eigenvalue weighted by atomic mass is 35.5. The first-order chi connectivity index (χ1) is 15.1. The maximum absolute atomic E-state index is 6.30. The quantitative estimate of drug-likeness (QED) is 0.402. The molecule has 4 rings (SSSR count). The summed E-state index contributed by atoms with van der Waals surface area (Å²) in [7, 11) is 3.35. The maximum atomic E-state index is 6.30. The van der Waals surface area contributed by atoms with Crippen LogP contribution in [0.25, 0.3) is 6.08 Å². The Labute approximate surface area is 192 Å². The standard InChI is InChI=1S/C25H22Cl2N2O2/c1-30-24-9-5-3-7-17(24)11-12-18-15-23(20-8-4-6-10-25(20)31-2)29(28-18)19-13-14-21(26)22(27)16-19/h3-14,16,23H,15H2,1-2H3/b12-11+/t23-/m1/s1. The predicted octanol–water partition coefficient (Wildman–Crippen LogP) is 7.03. The molecule has 0 amide bonds. The number of ether oxygens (including phenoxy) is 2. The molecular formula is C25H22Cl2N2O2. The van der Waals surface area contributed by atoms with Gasteiger partial charge in [-0.1, -0.05) is 59.6 Å². The summed E-state index contributed by atoms with van der Waals surface area (Å²) in [6.45, 7) is 0. The van der Waals surface area contributed by atoms with Gasteiger partial charge in [0.15, 0.2) is 0 Å². The van der Waals surface area contributed by atoms with Crippen LogP contribution in [0.15, 0.2) is 77.9 Å². The van der Waals surface area contributed by atoms with Crippen LogP contribution in [0.1, 0.15) is 23.6 Å². The molecule has 3 aromatic rings. The third-order valence-electron chi connectivity index (χ3n) is 5.19. The van der Waals surface area contributed by atoms with Gasteiger partial charge in [0.1, 0.15) is 11.5 Å². The van der Waals surface area contributed by atoms with Crippen LogP contribution in [-0.2, 0) is 0 Å². The summed E-state index contributed by atoms with van der Waals surface area (Å²) in [5.74, 6) is 1.64. The van der Waals surface area contributed by atoms with Gasteiger partial charge < -0.3 is 9.47 Å². The molecule has 0 spiro atoms. The minimum absolute atomic E-state index is 0.0364. The van der Waals surface area contributed by atoms with E-state index >= 15 is 0 Å². The molecule has 0 unspecified atom stereocenters. The van der Waals surface area contributed by atoms with Crippen LogP contribution in [0.5, 0.6) is 11.5 Å². The van der Waals surface area contributed by atoms with Crippen molar-refractivity contribution < 1.29 is 9.47 Å². The molecule has 0 fully saturated rings. The lowest BCUT2D eigenvalue weighted by molar-refractivity contribution is 0.405. The predicted molar refractivity (Wildman–Crippen MR) is 129 cm³/mol. The van der Waals surface area contributed by atoms with Gasteiger partial charge in [0.05, 0.1) is 41.7 Å². The summed E-state index contributed by atoms with van der Waals surface area (Å²) in [4.78, 5) is 0. The largest absolute Gasteiger partial charge is 0.496 e. The van der Waals surface area contributed by atoms with Crippen molar-refractivity contribution in [3.8, 4) is 11.5 Å². The summed E-state index contributed by atoms with van der Waals surface area (Å²) in [5.41, 5.74) is 3.86. The molecule has 6 heteroatoms. The molecule has 1 aliphatic heterocycles. The van der Waals surface area contributed by atoms with Crippen LogP contribution < -0.4 is 14.5 Å². The lowest BCUT2D eigenvalue weighted by Gasteiger charge is -2.25. The van der Waals surface area contributed by atoms with Gasteiger partial charge in [-0.2, -0.15) is 5.10 Å². The number of halogens is 2. The van der Waals surface area contributed by atoms with Crippen molar-refractivity contribution in [1.82, 2.24) is 0 Å². The van der Waals surface area contributed by atoms with Gasteiger partial charge in [0.25, 0.3) is 0 Å². The molecule has 4 nitrogen and oxygen atoms in total.